The first-order chi connectivity index (χ1) is 7.85. The van der Waals surface area contributed by atoms with Crippen LogP contribution in [0.25, 0.3) is 0 Å². The van der Waals surface area contributed by atoms with Gasteiger partial charge in [-0.05, 0) is 43.7 Å². The fourth-order valence-corrected chi connectivity index (χ4v) is 3.86. The first-order valence-corrected chi connectivity index (χ1v) is 7.03. The molecule has 0 spiro atoms. The number of rotatable bonds is 4. The van der Waals surface area contributed by atoms with Crippen LogP contribution in [-0.2, 0) is 24.1 Å². The normalized spacial score (nSPS) is 27.8. The highest BCUT2D eigenvalue weighted by Gasteiger charge is 2.28. The van der Waals surface area contributed by atoms with Gasteiger partial charge in [-0.3, -0.25) is 0 Å². The van der Waals surface area contributed by atoms with Gasteiger partial charge in [-0.2, -0.15) is 0 Å². The van der Waals surface area contributed by atoms with Crippen molar-refractivity contribution in [3.8, 4) is 0 Å². The fraction of sp³-hybridized carbons (Fsp3) is 0.692. The molecule has 3 heteroatoms. The van der Waals surface area contributed by atoms with Crippen molar-refractivity contribution in [3.63, 3.8) is 0 Å². The highest BCUT2D eigenvalue weighted by Crippen LogP contribution is 2.31. The first-order valence-electron chi connectivity index (χ1n) is 6.22. The Balaban J connectivity index is 1.48. The smallest absolute Gasteiger partial charge is 0.0601 e. The second-order valence-corrected chi connectivity index (χ2v) is 6.14. The van der Waals surface area contributed by atoms with Crippen LogP contribution in [0.1, 0.15) is 34.6 Å². The van der Waals surface area contributed by atoms with Gasteiger partial charge in [-0.1, -0.05) is 0 Å². The van der Waals surface area contributed by atoms with Crippen molar-refractivity contribution in [2.75, 3.05) is 7.11 Å². The number of aryl methyl sites for hydroxylation is 2. The Bertz CT molecular complexity index is 347. The van der Waals surface area contributed by atoms with Crippen LogP contribution >= 0.6 is 11.3 Å². The number of ether oxygens (including phenoxy) is 1. The minimum Gasteiger partial charge on any atom is -0.381 e. The van der Waals surface area contributed by atoms with E-state index in [0.29, 0.717) is 12.1 Å². The molecule has 1 saturated carbocycles. The maximum absolute atomic E-state index is 5.28. The summed E-state index contributed by atoms with van der Waals surface area (Å²) >= 11 is 2.01. The Labute approximate surface area is 101 Å². The predicted octanol–water partition coefficient (Wildman–Crippen LogP) is 2.50. The van der Waals surface area contributed by atoms with Crippen molar-refractivity contribution in [2.24, 2.45) is 0 Å². The molecule has 0 aromatic carbocycles. The molecule has 0 atom stereocenters. The average molecular weight is 237 g/mol. The van der Waals surface area contributed by atoms with Crippen molar-refractivity contribution in [3.05, 3.63) is 21.4 Å². The number of hydrogen-bond donors (Lipinski definition) is 1. The summed E-state index contributed by atoms with van der Waals surface area (Å²) in [4.78, 5) is 3.16. The summed E-state index contributed by atoms with van der Waals surface area (Å²) in [6.45, 7) is 1.05. The van der Waals surface area contributed by atoms with Crippen LogP contribution in [0.15, 0.2) is 6.07 Å². The standard InChI is InChI=1S/C13H19NOS/c1-15-11-6-10(7-11)14-8-12-5-9-3-2-4-13(9)16-12/h5,10-11,14H,2-4,6-8H2,1H3. The SMILES string of the molecule is COC1CC(NCc2cc3c(s2)CCC3)C1. The first kappa shape index (κ1) is 10.8. The van der Waals surface area contributed by atoms with Crippen molar-refractivity contribution in [1.29, 1.82) is 0 Å². The summed E-state index contributed by atoms with van der Waals surface area (Å²) in [7, 11) is 1.81. The van der Waals surface area contributed by atoms with E-state index in [-0.39, 0.29) is 0 Å². The number of fused-ring (bicyclic) bond motifs is 1. The van der Waals surface area contributed by atoms with Crippen molar-refractivity contribution >= 4 is 11.3 Å². The van der Waals surface area contributed by atoms with E-state index in [2.05, 4.69) is 11.4 Å². The van der Waals surface area contributed by atoms with Crippen LogP contribution in [0.3, 0.4) is 0 Å². The van der Waals surface area contributed by atoms with Crippen LogP contribution in [0.5, 0.6) is 0 Å². The summed E-state index contributed by atoms with van der Waals surface area (Å²) < 4.78 is 5.28. The van der Waals surface area contributed by atoms with Gasteiger partial charge < -0.3 is 10.1 Å². The molecule has 1 N–H and O–H groups in total. The zero-order valence-electron chi connectivity index (χ0n) is 9.79. The van der Waals surface area contributed by atoms with E-state index in [0.717, 1.165) is 6.54 Å². The molecule has 1 fully saturated rings. The maximum atomic E-state index is 5.28. The van der Waals surface area contributed by atoms with Gasteiger partial charge in [0, 0.05) is 29.5 Å². The highest BCUT2D eigenvalue weighted by molar-refractivity contribution is 7.12. The van der Waals surface area contributed by atoms with E-state index in [4.69, 9.17) is 4.74 Å². The second kappa shape index (κ2) is 4.47. The molecule has 2 aliphatic rings. The topological polar surface area (TPSA) is 21.3 Å². The lowest BCUT2D eigenvalue weighted by Crippen LogP contribution is -2.44. The number of hydrogen-bond acceptors (Lipinski definition) is 3. The van der Waals surface area contributed by atoms with Crippen LogP contribution < -0.4 is 5.32 Å². The summed E-state index contributed by atoms with van der Waals surface area (Å²) in [5.74, 6) is 0. The Kier molecular flexibility index (Phi) is 3.01. The van der Waals surface area contributed by atoms with Crippen molar-refractivity contribution < 1.29 is 4.74 Å². The Hall–Kier alpha value is -0.380. The fourth-order valence-electron chi connectivity index (χ4n) is 2.65. The van der Waals surface area contributed by atoms with E-state index >= 15 is 0 Å². The van der Waals surface area contributed by atoms with Crippen molar-refractivity contribution in [1.82, 2.24) is 5.32 Å². The molecular formula is C13H19NOS. The molecule has 2 aliphatic carbocycles. The van der Waals surface area contributed by atoms with E-state index in [9.17, 15) is 0 Å². The molecule has 0 amide bonds. The van der Waals surface area contributed by atoms with Crippen molar-refractivity contribution in [2.45, 2.75) is 50.8 Å². The highest BCUT2D eigenvalue weighted by atomic mass is 32.1. The molecule has 2 nitrogen and oxygen atoms in total. The lowest BCUT2D eigenvalue weighted by Gasteiger charge is -2.34. The summed E-state index contributed by atoms with van der Waals surface area (Å²) in [5, 5.41) is 3.62. The van der Waals surface area contributed by atoms with E-state index in [1.807, 2.05) is 18.4 Å². The van der Waals surface area contributed by atoms with Gasteiger partial charge in [0.15, 0.2) is 0 Å². The molecule has 88 valence electrons. The predicted molar refractivity (Wildman–Crippen MR) is 67.0 cm³/mol. The van der Waals surface area contributed by atoms with Gasteiger partial charge >= 0.3 is 0 Å². The Morgan fingerprint density at radius 2 is 2.31 bits per heavy atom. The third kappa shape index (κ3) is 2.04. The largest absolute Gasteiger partial charge is 0.381 e. The lowest BCUT2D eigenvalue weighted by atomic mass is 9.89. The molecule has 3 rings (SSSR count). The van der Waals surface area contributed by atoms with Gasteiger partial charge in [-0.25, -0.2) is 0 Å². The van der Waals surface area contributed by atoms with Gasteiger partial charge in [0.25, 0.3) is 0 Å². The molecule has 0 radical (unpaired) electrons. The third-order valence-corrected chi connectivity index (χ3v) is 5.03. The molecule has 0 saturated heterocycles. The molecule has 16 heavy (non-hydrogen) atoms. The quantitative estimate of drug-likeness (QED) is 0.869. The van der Waals surface area contributed by atoms with Crippen LogP contribution in [0.4, 0.5) is 0 Å². The Morgan fingerprint density at radius 3 is 3.06 bits per heavy atom. The number of methoxy groups -OCH3 is 1. The average Bonchev–Trinajstić information content (AvgIpc) is 2.75. The van der Waals surface area contributed by atoms with E-state index in [1.54, 1.807) is 10.4 Å². The molecule has 0 bridgehead atoms. The lowest BCUT2D eigenvalue weighted by molar-refractivity contribution is 0.0170. The van der Waals surface area contributed by atoms with E-state index in [1.165, 1.54) is 37.0 Å². The minimum atomic E-state index is 0.505. The molecule has 1 aromatic heterocycles. The van der Waals surface area contributed by atoms with Gasteiger partial charge in [-0.15, -0.1) is 11.3 Å². The maximum Gasteiger partial charge on any atom is 0.0601 e. The zero-order chi connectivity index (χ0) is 11.0. The number of thiophene rings is 1. The molecule has 0 unspecified atom stereocenters. The summed E-state index contributed by atoms with van der Waals surface area (Å²) in [5.41, 5.74) is 1.62. The van der Waals surface area contributed by atoms with Gasteiger partial charge in [0.05, 0.1) is 6.10 Å². The van der Waals surface area contributed by atoms with E-state index < -0.39 is 0 Å². The van der Waals surface area contributed by atoms with Gasteiger partial charge in [0.2, 0.25) is 0 Å². The number of nitrogens with one attached hydrogen (secondary N) is 1. The molecule has 1 aromatic rings. The summed E-state index contributed by atoms with van der Waals surface area (Å²) in [6, 6.07) is 3.09. The monoisotopic (exact) mass is 237 g/mol. The Morgan fingerprint density at radius 1 is 1.44 bits per heavy atom. The second-order valence-electron chi connectivity index (χ2n) is 4.92. The van der Waals surface area contributed by atoms with Gasteiger partial charge in [0.1, 0.15) is 0 Å². The molecule has 0 aliphatic heterocycles. The van der Waals surface area contributed by atoms with Crippen LogP contribution in [0, 0.1) is 0 Å². The minimum absolute atomic E-state index is 0.505. The summed E-state index contributed by atoms with van der Waals surface area (Å²) in [6.07, 6.45) is 6.86. The molecule has 1 heterocycles. The van der Waals surface area contributed by atoms with Crippen LogP contribution in [0.2, 0.25) is 0 Å². The third-order valence-electron chi connectivity index (χ3n) is 3.79. The zero-order valence-corrected chi connectivity index (χ0v) is 10.6. The van der Waals surface area contributed by atoms with Crippen LogP contribution in [-0.4, -0.2) is 19.3 Å². The molecular weight excluding hydrogens is 218 g/mol.